The van der Waals surface area contributed by atoms with Gasteiger partial charge in [0.05, 0.1) is 116 Å². The highest BCUT2D eigenvalue weighted by atomic mass is 16.6. The molecule has 0 aromatic rings. The van der Waals surface area contributed by atoms with E-state index in [1.807, 2.05) is 34.6 Å². The molecule has 3 amide bonds. The standard InChI is InChI=1S/C58H105N9O19/c1-8-20-77-26-32-83-34-35-84-33-29-80-23-17-46(70)67(18-24-81-30-27-78-21-13-15-47(71)85-53-42(55(73)74)36-44(65-57(59)60)49(53)51(63-38(6)68)40(9-2)10-3)19-25-82-31-28-79-22-14-16-48(72)86-54-43(56(75)76)37-45(66-58(61)62)50(54)52(64-39(7)69)41(11-4)12-5/h40-45,49-54H,8-37H2,1-7H3,(H,63,68)(H,64,69)(H,73,74)(H,75,76)(H4,59,60,65)(H4,61,62,66)/t42-,43-,44+,45+,49+,50+,51+,52+,53+,54?/m0/s1. The number of carbonyl (C=O) groups excluding carboxylic acids is 5. The number of nitrogens with two attached hydrogens (primary N) is 4. The van der Waals surface area contributed by atoms with E-state index in [9.17, 15) is 43.8 Å². The van der Waals surface area contributed by atoms with Crippen molar-refractivity contribution in [3.05, 3.63) is 0 Å². The van der Waals surface area contributed by atoms with Gasteiger partial charge in [-0.25, -0.2) is 9.98 Å². The van der Waals surface area contributed by atoms with Gasteiger partial charge in [0.1, 0.15) is 12.2 Å². The molecule has 28 nitrogen and oxygen atoms in total. The van der Waals surface area contributed by atoms with Crippen molar-refractivity contribution in [2.45, 2.75) is 162 Å². The fraction of sp³-hybridized carbons (Fsp3) is 0.845. The minimum absolute atomic E-state index is 0.0215. The van der Waals surface area contributed by atoms with Gasteiger partial charge in [0, 0.05) is 83.5 Å². The van der Waals surface area contributed by atoms with E-state index < -0.39 is 83.9 Å². The second-order valence-corrected chi connectivity index (χ2v) is 21.5. The predicted octanol–water partition coefficient (Wildman–Crippen LogP) is 1.74. The van der Waals surface area contributed by atoms with Gasteiger partial charge in [-0.1, -0.05) is 60.3 Å². The molecule has 2 rings (SSSR count). The maximum absolute atomic E-state index is 13.4. The van der Waals surface area contributed by atoms with E-state index in [4.69, 9.17) is 70.3 Å². The van der Waals surface area contributed by atoms with Crippen molar-refractivity contribution in [1.29, 1.82) is 0 Å². The summed E-state index contributed by atoms with van der Waals surface area (Å²) in [5, 5.41) is 26.3. The smallest absolute Gasteiger partial charge is 0.310 e. The molecule has 12 N–H and O–H groups in total. The molecule has 0 saturated heterocycles. The van der Waals surface area contributed by atoms with Crippen LogP contribution in [0.5, 0.6) is 0 Å². The predicted molar refractivity (Wildman–Crippen MR) is 317 cm³/mol. The van der Waals surface area contributed by atoms with Crippen molar-refractivity contribution in [1.82, 2.24) is 15.5 Å². The molecule has 2 saturated carbocycles. The van der Waals surface area contributed by atoms with Crippen molar-refractivity contribution in [3.8, 4) is 0 Å². The zero-order valence-electron chi connectivity index (χ0n) is 52.1. The molecular weight excluding hydrogens is 1130 g/mol. The van der Waals surface area contributed by atoms with Crippen LogP contribution < -0.4 is 33.6 Å². The maximum Gasteiger partial charge on any atom is 0.310 e. The average molecular weight is 1230 g/mol. The van der Waals surface area contributed by atoms with Crippen LogP contribution in [0, 0.1) is 35.5 Å². The summed E-state index contributed by atoms with van der Waals surface area (Å²) in [6, 6.07) is -2.52. The summed E-state index contributed by atoms with van der Waals surface area (Å²) in [5.74, 6) is -8.54. The maximum atomic E-state index is 13.4. The molecular formula is C58H105N9O19. The van der Waals surface area contributed by atoms with Crippen LogP contribution >= 0.6 is 0 Å². The molecule has 0 aromatic heterocycles. The molecule has 2 aliphatic rings. The molecule has 0 bridgehead atoms. The van der Waals surface area contributed by atoms with Crippen molar-refractivity contribution in [2.24, 2.45) is 68.4 Å². The van der Waals surface area contributed by atoms with Crippen molar-refractivity contribution >= 4 is 53.5 Å². The minimum atomic E-state index is -1.16. The highest BCUT2D eigenvalue weighted by Gasteiger charge is 2.55. The van der Waals surface area contributed by atoms with Gasteiger partial charge in [0.25, 0.3) is 0 Å². The van der Waals surface area contributed by atoms with Gasteiger partial charge < -0.3 is 96.0 Å². The number of ether oxygens (including phenoxy) is 10. The first-order chi connectivity index (χ1) is 41.2. The van der Waals surface area contributed by atoms with Crippen LogP contribution in [-0.2, 0) is 80.9 Å². The number of aliphatic imine (C=N–C) groups is 2. The summed E-state index contributed by atoms with van der Waals surface area (Å²) in [5.41, 5.74) is 23.0. The Bertz CT molecular complexity index is 1910. The summed E-state index contributed by atoms with van der Waals surface area (Å²) >= 11 is 0. The Morgan fingerprint density at radius 1 is 0.477 bits per heavy atom. The number of carboxylic acids is 2. The van der Waals surface area contributed by atoms with Crippen LogP contribution in [0.4, 0.5) is 0 Å². The first-order valence-corrected chi connectivity index (χ1v) is 30.7. The molecule has 0 aliphatic heterocycles. The number of esters is 2. The first-order valence-electron chi connectivity index (χ1n) is 30.7. The Labute approximate surface area is 507 Å². The van der Waals surface area contributed by atoms with Gasteiger partial charge in [-0.2, -0.15) is 0 Å². The molecule has 28 heteroatoms. The van der Waals surface area contributed by atoms with E-state index in [2.05, 4.69) is 20.6 Å². The molecule has 0 heterocycles. The third-order valence-corrected chi connectivity index (χ3v) is 15.3. The minimum Gasteiger partial charge on any atom is -0.481 e. The molecule has 2 fully saturated rings. The molecule has 1 unspecified atom stereocenters. The van der Waals surface area contributed by atoms with E-state index in [0.29, 0.717) is 71.9 Å². The van der Waals surface area contributed by atoms with Gasteiger partial charge in [-0.15, -0.1) is 0 Å². The first kappa shape index (κ1) is 76.6. The number of nitrogens with one attached hydrogen (secondary N) is 2. The molecule has 86 heavy (non-hydrogen) atoms. The second-order valence-electron chi connectivity index (χ2n) is 21.5. The number of aliphatic carboxylic acids is 2. The Kier molecular flexibility index (Phi) is 40.0. The molecule has 0 spiro atoms. The van der Waals surface area contributed by atoms with E-state index in [1.165, 1.54) is 13.8 Å². The molecule has 10 atom stereocenters. The van der Waals surface area contributed by atoms with Crippen molar-refractivity contribution in [2.75, 3.05) is 119 Å². The number of guanidine groups is 2. The fourth-order valence-electron chi connectivity index (χ4n) is 11.2. The van der Waals surface area contributed by atoms with Crippen LogP contribution in [-0.4, -0.2) is 224 Å². The summed E-state index contributed by atoms with van der Waals surface area (Å²) in [7, 11) is 0. The number of amides is 3. The van der Waals surface area contributed by atoms with E-state index in [0.717, 1.165) is 6.42 Å². The van der Waals surface area contributed by atoms with E-state index in [-0.39, 0.29) is 159 Å². The lowest BCUT2D eigenvalue weighted by molar-refractivity contribution is -0.162. The summed E-state index contributed by atoms with van der Waals surface area (Å²) in [6.07, 6.45) is 2.01. The number of hydrogen-bond donors (Lipinski definition) is 8. The molecule has 496 valence electrons. The largest absolute Gasteiger partial charge is 0.481 e. The van der Waals surface area contributed by atoms with E-state index in [1.54, 1.807) is 4.90 Å². The second kappa shape index (κ2) is 44.9. The van der Waals surface area contributed by atoms with Gasteiger partial charge in [-0.3, -0.25) is 33.6 Å². The number of nitrogens with zero attached hydrogens (tertiary/aromatic N) is 3. The third kappa shape index (κ3) is 29.9. The monoisotopic (exact) mass is 1230 g/mol. The normalized spacial score (nSPS) is 20.7. The zero-order valence-corrected chi connectivity index (χ0v) is 52.1. The fourth-order valence-corrected chi connectivity index (χ4v) is 11.2. The molecule has 0 aromatic carbocycles. The molecule has 2 aliphatic carbocycles. The van der Waals surface area contributed by atoms with Crippen LogP contribution in [0.25, 0.3) is 0 Å². The van der Waals surface area contributed by atoms with E-state index >= 15 is 0 Å². The lowest BCUT2D eigenvalue weighted by atomic mass is 9.80. The Balaban J connectivity index is 1.90. The van der Waals surface area contributed by atoms with Crippen molar-refractivity contribution < 1.29 is 91.1 Å². The van der Waals surface area contributed by atoms with Crippen LogP contribution in [0.1, 0.15) is 126 Å². The van der Waals surface area contributed by atoms with Gasteiger partial charge in [0.15, 0.2) is 11.9 Å². The number of carboxylic acid groups (broad SMARTS) is 2. The Morgan fingerprint density at radius 2 is 0.802 bits per heavy atom. The number of carbonyl (C=O) groups is 7. The van der Waals surface area contributed by atoms with Gasteiger partial charge in [0.2, 0.25) is 17.7 Å². The third-order valence-electron chi connectivity index (χ3n) is 15.3. The Morgan fingerprint density at radius 3 is 1.12 bits per heavy atom. The number of hydrogen-bond acceptors (Lipinski definition) is 19. The highest BCUT2D eigenvalue weighted by Crippen LogP contribution is 2.43. The highest BCUT2D eigenvalue weighted by molar-refractivity contribution is 5.79. The number of rotatable bonds is 50. The SMILES string of the molecule is CCCOCCOCCOCCOCCC(=O)N(CCOCCOCCCC(=O)OC1[C@@H]([C@H](NC(C)=O)C(CC)CC)[C@H](N=C(N)N)C[C@@H]1C(=O)O)CCOCCOCCCC(=O)O[C@H]1[C@@H]([C@H](NC(C)=O)C(CC)CC)[C@H](N=C(N)N)C[C@@H]1C(=O)O. The topological polar surface area (TPSA) is 408 Å². The lowest BCUT2D eigenvalue weighted by Gasteiger charge is -2.36. The van der Waals surface area contributed by atoms with Crippen LogP contribution in [0.15, 0.2) is 9.98 Å². The summed E-state index contributed by atoms with van der Waals surface area (Å²) in [6.45, 7) is 18.0. The Hall–Kier alpha value is -5.49. The molecule has 0 radical (unpaired) electrons. The summed E-state index contributed by atoms with van der Waals surface area (Å²) in [4.78, 5) is 99.9. The lowest BCUT2D eigenvalue weighted by Crippen LogP contribution is -2.51. The summed E-state index contributed by atoms with van der Waals surface area (Å²) < 4.78 is 56.9. The van der Waals surface area contributed by atoms with Gasteiger partial charge >= 0.3 is 23.9 Å². The van der Waals surface area contributed by atoms with Crippen molar-refractivity contribution in [3.63, 3.8) is 0 Å². The average Bonchev–Trinajstić information content (AvgIpc) is 2.36. The van der Waals surface area contributed by atoms with Crippen LogP contribution in [0.3, 0.4) is 0 Å². The van der Waals surface area contributed by atoms with Crippen LogP contribution in [0.2, 0.25) is 0 Å². The quantitative estimate of drug-likeness (QED) is 0.0186. The van der Waals surface area contributed by atoms with Gasteiger partial charge in [-0.05, 0) is 43.9 Å². The zero-order chi connectivity index (χ0) is 63.8.